The van der Waals surface area contributed by atoms with E-state index in [4.69, 9.17) is 0 Å². The molecule has 3 rings (SSSR count). The van der Waals surface area contributed by atoms with E-state index < -0.39 is 0 Å². The quantitative estimate of drug-likeness (QED) is 0.904. The lowest BCUT2D eigenvalue weighted by Crippen LogP contribution is -2.38. The molecule has 1 aromatic rings. The van der Waals surface area contributed by atoms with E-state index in [-0.39, 0.29) is 18.3 Å². The fourth-order valence-electron chi connectivity index (χ4n) is 3.88. The summed E-state index contributed by atoms with van der Waals surface area (Å²) in [5, 5.41) is 7.98. The Balaban J connectivity index is 0.00000208. The summed E-state index contributed by atoms with van der Waals surface area (Å²) in [4.78, 5) is 14.7. The number of aromatic nitrogens is 2. The second kappa shape index (κ2) is 9.42. The van der Waals surface area contributed by atoms with Crippen LogP contribution in [0.2, 0.25) is 0 Å². The van der Waals surface area contributed by atoms with Crippen molar-refractivity contribution in [3.05, 3.63) is 18.0 Å². The summed E-state index contributed by atoms with van der Waals surface area (Å²) in [5.74, 6) is 0.0816. The molecule has 136 valence electrons. The summed E-state index contributed by atoms with van der Waals surface area (Å²) in [6.45, 7) is 2.04. The number of carbonyl (C=O) groups excluding carboxylic acids is 1. The lowest BCUT2D eigenvalue weighted by Gasteiger charge is -2.29. The topological polar surface area (TPSA) is 50.2 Å². The minimum Gasteiger partial charge on any atom is -0.337 e. The van der Waals surface area contributed by atoms with Crippen molar-refractivity contribution in [1.29, 1.82) is 0 Å². The van der Waals surface area contributed by atoms with Gasteiger partial charge in [0.25, 0.3) is 5.91 Å². The van der Waals surface area contributed by atoms with Gasteiger partial charge in [-0.3, -0.25) is 9.48 Å². The predicted octanol–water partition coefficient (Wildman–Crippen LogP) is 3.41. The van der Waals surface area contributed by atoms with Crippen LogP contribution in [0.3, 0.4) is 0 Å². The van der Waals surface area contributed by atoms with Crippen molar-refractivity contribution in [3.63, 3.8) is 0 Å². The molecule has 1 aromatic heterocycles. The van der Waals surface area contributed by atoms with E-state index in [1.165, 1.54) is 38.5 Å². The Labute approximate surface area is 151 Å². The molecule has 1 aliphatic heterocycles. The minimum absolute atomic E-state index is 0. The molecule has 5 nitrogen and oxygen atoms in total. The number of amides is 1. The number of piperidine rings is 1. The highest BCUT2D eigenvalue weighted by molar-refractivity contribution is 5.92. The van der Waals surface area contributed by atoms with Crippen LogP contribution in [-0.4, -0.2) is 46.8 Å². The highest BCUT2D eigenvalue weighted by atomic mass is 35.5. The first-order valence-electron chi connectivity index (χ1n) is 9.29. The standard InChI is InChI=1S/C18H30N4O.ClH/c1-21(15-8-5-3-2-4-6-9-15)18(23)17-11-13-22(20-17)16-10-7-12-19-14-16;/h11,13,15-16,19H,2-10,12,14H2,1H3;1H. The molecule has 2 heterocycles. The van der Waals surface area contributed by atoms with Crippen LogP contribution in [0.5, 0.6) is 0 Å². The van der Waals surface area contributed by atoms with E-state index >= 15 is 0 Å². The molecular formula is C18H31ClN4O. The van der Waals surface area contributed by atoms with E-state index in [1.807, 2.05) is 28.9 Å². The maximum atomic E-state index is 12.8. The van der Waals surface area contributed by atoms with Crippen molar-refractivity contribution >= 4 is 18.3 Å². The van der Waals surface area contributed by atoms with Gasteiger partial charge in [-0.1, -0.05) is 32.1 Å². The first kappa shape index (κ1) is 19.3. The Hall–Kier alpha value is -1.07. The van der Waals surface area contributed by atoms with Gasteiger partial charge in [0.1, 0.15) is 5.69 Å². The van der Waals surface area contributed by atoms with Crippen LogP contribution in [0.15, 0.2) is 12.3 Å². The number of carbonyl (C=O) groups is 1. The van der Waals surface area contributed by atoms with Crippen LogP contribution in [-0.2, 0) is 0 Å². The Bertz CT molecular complexity index is 505. The smallest absolute Gasteiger partial charge is 0.274 e. The maximum Gasteiger partial charge on any atom is 0.274 e. The summed E-state index contributed by atoms with van der Waals surface area (Å²) < 4.78 is 1.98. The summed E-state index contributed by atoms with van der Waals surface area (Å²) >= 11 is 0. The lowest BCUT2D eigenvalue weighted by atomic mass is 9.96. The molecule has 1 N–H and O–H groups in total. The second-order valence-corrected chi connectivity index (χ2v) is 7.10. The molecule has 6 heteroatoms. The summed E-state index contributed by atoms with van der Waals surface area (Å²) in [6, 6.07) is 2.65. The largest absolute Gasteiger partial charge is 0.337 e. The van der Waals surface area contributed by atoms with Gasteiger partial charge in [0, 0.05) is 25.8 Å². The van der Waals surface area contributed by atoms with Gasteiger partial charge in [0.2, 0.25) is 0 Å². The molecule has 1 amide bonds. The number of rotatable bonds is 3. The number of hydrogen-bond acceptors (Lipinski definition) is 3. The molecule has 1 aliphatic carbocycles. The molecule has 24 heavy (non-hydrogen) atoms. The normalized spacial score (nSPS) is 23.0. The SMILES string of the molecule is CN(C(=O)c1ccn(C2CCCNC2)n1)C1CCCCCCC1.Cl. The Morgan fingerprint density at radius 2 is 1.88 bits per heavy atom. The summed E-state index contributed by atoms with van der Waals surface area (Å²) in [7, 11) is 1.95. The molecule has 2 aliphatic rings. The molecule has 0 bridgehead atoms. The van der Waals surface area contributed by atoms with E-state index in [0.717, 1.165) is 32.4 Å². The third-order valence-corrected chi connectivity index (χ3v) is 5.42. The van der Waals surface area contributed by atoms with Crippen molar-refractivity contribution in [2.24, 2.45) is 0 Å². The van der Waals surface area contributed by atoms with Crippen LogP contribution in [0.4, 0.5) is 0 Å². The number of nitrogens with zero attached hydrogens (tertiary/aromatic N) is 3. The first-order chi connectivity index (χ1) is 11.3. The fourth-order valence-corrected chi connectivity index (χ4v) is 3.88. The molecule has 1 saturated carbocycles. The van der Waals surface area contributed by atoms with Crippen molar-refractivity contribution in [2.45, 2.75) is 69.9 Å². The van der Waals surface area contributed by atoms with Gasteiger partial charge in [-0.25, -0.2) is 0 Å². The second-order valence-electron chi connectivity index (χ2n) is 7.10. The van der Waals surface area contributed by atoms with E-state index in [9.17, 15) is 4.79 Å². The van der Waals surface area contributed by atoms with Gasteiger partial charge in [-0.2, -0.15) is 5.10 Å². The monoisotopic (exact) mass is 354 g/mol. The number of halogens is 1. The minimum atomic E-state index is 0. The average molecular weight is 355 g/mol. The van der Waals surface area contributed by atoms with Gasteiger partial charge in [0.05, 0.1) is 6.04 Å². The highest BCUT2D eigenvalue weighted by Crippen LogP contribution is 2.22. The van der Waals surface area contributed by atoms with Crippen molar-refractivity contribution in [3.8, 4) is 0 Å². The maximum absolute atomic E-state index is 12.8. The summed E-state index contributed by atoms with van der Waals surface area (Å²) in [5.41, 5.74) is 0.597. The Morgan fingerprint density at radius 3 is 2.54 bits per heavy atom. The zero-order chi connectivity index (χ0) is 16.1. The third kappa shape index (κ3) is 4.73. The van der Waals surface area contributed by atoms with Gasteiger partial charge in [-0.05, 0) is 38.3 Å². The van der Waals surface area contributed by atoms with Crippen LogP contribution in [0.1, 0.15) is 74.3 Å². The predicted molar refractivity (Wildman–Crippen MR) is 98.8 cm³/mol. The van der Waals surface area contributed by atoms with Crippen molar-refractivity contribution in [2.75, 3.05) is 20.1 Å². The van der Waals surface area contributed by atoms with Crippen LogP contribution in [0.25, 0.3) is 0 Å². The number of nitrogens with one attached hydrogen (secondary N) is 1. The van der Waals surface area contributed by atoms with Gasteiger partial charge in [-0.15, -0.1) is 12.4 Å². The number of hydrogen-bond donors (Lipinski definition) is 1. The first-order valence-corrected chi connectivity index (χ1v) is 9.29. The van der Waals surface area contributed by atoms with Crippen LogP contribution in [0, 0.1) is 0 Å². The Kier molecular flexibility index (Phi) is 7.56. The van der Waals surface area contributed by atoms with E-state index in [2.05, 4.69) is 10.4 Å². The van der Waals surface area contributed by atoms with Crippen molar-refractivity contribution < 1.29 is 4.79 Å². The highest BCUT2D eigenvalue weighted by Gasteiger charge is 2.24. The van der Waals surface area contributed by atoms with Gasteiger partial charge < -0.3 is 10.2 Å². The van der Waals surface area contributed by atoms with Gasteiger partial charge >= 0.3 is 0 Å². The molecular weight excluding hydrogens is 324 g/mol. The fraction of sp³-hybridized carbons (Fsp3) is 0.778. The van der Waals surface area contributed by atoms with E-state index in [1.54, 1.807) is 0 Å². The molecule has 1 unspecified atom stereocenters. The zero-order valence-corrected chi connectivity index (χ0v) is 15.6. The third-order valence-electron chi connectivity index (χ3n) is 5.42. The average Bonchev–Trinajstić information content (AvgIpc) is 3.04. The summed E-state index contributed by atoms with van der Waals surface area (Å²) in [6.07, 6.45) is 13.0. The van der Waals surface area contributed by atoms with Crippen molar-refractivity contribution in [1.82, 2.24) is 20.0 Å². The molecule has 1 atom stereocenters. The lowest BCUT2D eigenvalue weighted by molar-refractivity contribution is 0.0699. The van der Waals surface area contributed by atoms with Crippen LogP contribution >= 0.6 is 12.4 Å². The Morgan fingerprint density at radius 1 is 1.17 bits per heavy atom. The molecule has 0 aromatic carbocycles. The molecule has 0 radical (unpaired) electrons. The molecule has 2 fully saturated rings. The van der Waals surface area contributed by atoms with E-state index in [0.29, 0.717) is 17.8 Å². The van der Waals surface area contributed by atoms with Crippen LogP contribution < -0.4 is 5.32 Å². The zero-order valence-electron chi connectivity index (χ0n) is 14.7. The molecule has 0 spiro atoms. The molecule has 1 saturated heterocycles. The van der Waals surface area contributed by atoms with Gasteiger partial charge in [0.15, 0.2) is 0 Å².